The Morgan fingerprint density at radius 1 is 0.967 bits per heavy atom. The molecule has 0 radical (unpaired) electrons. The van der Waals surface area contributed by atoms with Crippen LogP contribution in [0.4, 0.5) is 0 Å². The molecule has 2 aromatic carbocycles. The minimum absolute atomic E-state index is 0.112. The fourth-order valence-electron chi connectivity index (χ4n) is 3.82. The van der Waals surface area contributed by atoms with Gasteiger partial charge in [-0.15, -0.1) is 11.3 Å². The van der Waals surface area contributed by atoms with Crippen molar-refractivity contribution in [3.63, 3.8) is 0 Å². The van der Waals surface area contributed by atoms with Crippen LogP contribution in [0.2, 0.25) is 0 Å². The minimum atomic E-state index is -3.55. The van der Waals surface area contributed by atoms with Gasteiger partial charge in [0.05, 0.1) is 12.0 Å². The first-order chi connectivity index (χ1) is 14.6. The number of carbonyl (C=O) groups excluding carboxylic acids is 1. The van der Waals surface area contributed by atoms with Crippen molar-refractivity contribution in [3.05, 3.63) is 89.3 Å². The van der Waals surface area contributed by atoms with E-state index in [1.54, 1.807) is 17.5 Å². The number of hydrogen-bond acceptors (Lipinski definition) is 4. The highest BCUT2D eigenvalue weighted by atomic mass is 32.2. The average molecular weight is 441 g/mol. The van der Waals surface area contributed by atoms with E-state index in [1.165, 1.54) is 15.6 Å². The third kappa shape index (κ3) is 4.48. The first kappa shape index (κ1) is 20.8. The summed E-state index contributed by atoms with van der Waals surface area (Å²) in [7, 11) is -3.55. The molecular weight excluding hydrogens is 416 g/mol. The van der Waals surface area contributed by atoms with Gasteiger partial charge in [-0.25, -0.2) is 8.42 Å². The Morgan fingerprint density at radius 2 is 1.60 bits per heavy atom. The van der Waals surface area contributed by atoms with Crippen molar-refractivity contribution < 1.29 is 13.2 Å². The molecule has 156 valence electrons. The third-order valence-electron chi connectivity index (χ3n) is 5.40. The molecule has 5 nitrogen and oxygen atoms in total. The molecule has 0 spiro atoms. The molecule has 30 heavy (non-hydrogen) atoms. The molecular formula is C23H24N2O3S2. The second kappa shape index (κ2) is 9.12. The summed E-state index contributed by atoms with van der Waals surface area (Å²) < 4.78 is 27.6. The summed E-state index contributed by atoms with van der Waals surface area (Å²) in [6.07, 6.45) is 1.35. The zero-order valence-electron chi connectivity index (χ0n) is 16.5. The Morgan fingerprint density at radius 3 is 2.17 bits per heavy atom. The standard InChI is InChI=1S/C23H24N2O3S2/c26-23(20-13-7-15-25(17-20)30(27,28)21-14-8-16-29-21)24-22(18-9-3-1-4-10-18)19-11-5-2-6-12-19/h1-6,8-12,14,16,20,22H,7,13,15,17H2,(H,24,26)/t20-/m0/s1. The molecule has 4 rings (SSSR count). The molecule has 0 aliphatic carbocycles. The van der Waals surface area contributed by atoms with E-state index in [1.807, 2.05) is 60.7 Å². The van der Waals surface area contributed by atoms with E-state index in [9.17, 15) is 13.2 Å². The van der Waals surface area contributed by atoms with Crippen LogP contribution in [-0.2, 0) is 14.8 Å². The van der Waals surface area contributed by atoms with Crippen molar-refractivity contribution in [1.82, 2.24) is 9.62 Å². The SMILES string of the molecule is O=C(NC(c1ccccc1)c1ccccc1)[C@H]1CCCN(S(=O)(=O)c2cccs2)C1. The lowest BCUT2D eigenvalue weighted by atomic mass is 9.95. The van der Waals surface area contributed by atoms with Crippen molar-refractivity contribution in [3.8, 4) is 0 Å². The fraction of sp³-hybridized carbons (Fsp3) is 0.261. The molecule has 2 heterocycles. The zero-order chi connectivity index (χ0) is 21.0. The summed E-state index contributed by atoms with van der Waals surface area (Å²) in [6.45, 7) is 0.660. The van der Waals surface area contributed by atoms with Gasteiger partial charge in [-0.2, -0.15) is 4.31 Å². The third-order valence-corrected chi connectivity index (χ3v) is 8.63. The molecule has 1 saturated heterocycles. The maximum absolute atomic E-state index is 13.2. The van der Waals surface area contributed by atoms with E-state index < -0.39 is 10.0 Å². The van der Waals surface area contributed by atoms with E-state index >= 15 is 0 Å². The number of nitrogens with zero attached hydrogens (tertiary/aromatic N) is 1. The number of piperidine rings is 1. The van der Waals surface area contributed by atoms with Crippen LogP contribution < -0.4 is 5.32 Å². The summed E-state index contributed by atoms with van der Waals surface area (Å²) in [5.74, 6) is -0.484. The molecule has 1 aliphatic heterocycles. The van der Waals surface area contributed by atoms with Crippen molar-refractivity contribution >= 4 is 27.3 Å². The highest BCUT2D eigenvalue weighted by molar-refractivity contribution is 7.91. The van der Waals surface area contributed by atoms with E-state index in [4.69, 9.17) is 0 Å². The molecule has 1 aromatic heterocycles. The van der Waals surface area contributed by atoms with Gasteiger partial charge in [0.15, 0.2) is 0 Å². The van der Waals surface area contributed by atoms with Crippen LogP contribution in [0.15, 0.2) is 82.4 Å². The number of amides is 1. The quantitative estimate of drug-likeness (QED) is 0.629. The highest BCUT2D eigenvalue weighted by Gasteiger charge is 2.34. The van der Waals surface area contributed by atoms with Gasteiger partial charge in [0.1, 0.15) is 4.21 Å². The number of thiophene rings is 1. The molecule has 1 aliphatic rings. The number of carbonyl (C=O) groups is 1. The van der Waals surface area contributed by atoms with E-state index in [-0.39, 0.29) is 24.4 Å². The first-order valence-electron chi connectivity index (χ1n) is 9.99. The van der Waals surface area contributed by atoms with Gasteiger partial charge in [-0.3, -0.25) is 4.79 Å². The second-order valence-electron chi connectivity index (χ2n) is 7.40. The van der Waals surface area contributed by atoms with Crippen LogP contribution in [0.25, 0.3) is 0 Å². The molecule has 1 atom stereocenters. The van der Waals surface area contributed by atoms with Crippen LogP contribution >= 0.6 is 11.3 Å². The van der Waals surface area contributed by atoms with Gasteiger partial charge < -0.3 is 5.32 Å². The molecule has 1 amide bonds. The number of rotatable bonds is 6. The molecule has 0 saturated carbocycles. The topological polar surface area (TPSA) is 66.5 Å². The van der Waals surface area contributed by atoms with Crippen molar-refractivity contribution in [2.24, 2.45) is 5.92 Å². The lowest BCUT2D eigenvalue weighted by molar-refractivity contribution is -0.126. The predicted molar refractivity (Wildman–Crippen MR) is 119 cm³/mol. The monoisotopic (exact) mass is 440 g/mol. The van der Waals surface area contributed by atoms with Crippen molar-refractivity contribution in [2.75, 3.05) is 13.1 Å². The summed E-state index contributed by atoms with van der Waals surface area (Å²) >= 11 is 1.21. The van der Waals surface area contributed by atoms with E-state index in [2.05, 4.69) is 5.32 Å². The molecule has 0 unspecified atom stereocenters. The lowest BCUT2D eigenvalue weighted by Gasteiger charge is -2.32. The van der Waals surface area contributed by atoms with Gasteiger partial charge in [0.2, 0.25) is 5.91 Å². The van der Waals surface area contributed by atoms with Gasteiger partial charge in [0, 0.05) is 13.1 Å². The van der Waals surface area contributed by atoms with Crippen LogP contribution in [0, 0.1) is 5.92 Å². The molecule has 7 heteroatoms. The number of nitrogens with one attached hydrogen (secondary N) is 1. The zero-order valence-corrected chi connectivity index (χ0v) is 18.1. The van der Waals surface area contributed by atoms with Gasteiger partial charge in [-0.1, -0.05) is 66.7 Å². The Balaban J connectivity index is 1.53. The number of hydrogen-bond donors (Lipinski definition) is 1. The molecule has 1 fully saturated rings. The van der Waals surface area contributed by atoms with Gasteiger partial charge >= 0.3 is 0 Å². The predicted octanol–water partition coefficient (Wildman–Crippen LogP) is 4.05. The second-order valence-corrected chi connectivity index (χ2v) is 10.5. The molecule has 0 bridgehead atoms. The first-order valence-corrected chi connectivity index (χ1v) is 12.3. The largest absolute Gasteiger partial charge is 0.345 e. The van der Waals surface area contributed by atoms with Gasteiger partial charge in [0.25, 0.3) is 10.0 Å². The smallest absolute Gasteiger partial charge is 0.252 e. The Labute approximate surface area is 181 Å². The molecule has 3 aromatic rings. The molecule has 1 N–H and O–H groups in total. The van der Waals surface area contributed by atoms with Crippen LogP contribution in [0.5, 0.6) is 0 Å². The van der Waals surface area contributed by atoms with Crippen molar-refractivity contribution in [1.29, 1.82) is 0 Å². The minimum Gasteiger partial charge on any atom is -0.345 e. The Hall–Kier alpha value is -2.48. The van der Waals surface area contributed by atoms with E-state index in [0.29, 0.717) is 23.6 Å². The van der Waals surface area contributed by atoms with Gasteiger partial charge in [-0.05, 0) is 35.4 Å². The summed E-state index contributed by atoms with van der Waals surface area (Å²) in [6, 6.07) is 22.7. The average Bonchev–Trinajstić information content (AvgIpc) is 3.34. The normalized spacial score (nSPS) is 17.7. The highest BCUT2D eigenvalue weighted by Crippen LogP contribution is 2.28. The number of benzene rings is 2. The summed E-state index contributed by atoms with van der Waals surface area (Å²) in [4.78, 5) is 13.2. The van der Waals surface area contributed by atoms with Crippen molar-refractivity contribution in [2.45, 2.75) is 23.1 Å². The maximum Gasteiger partial charge on any atom is 0.252 e. The van der Waals surface area contributed by atoms with Crippen LogP contribution in [0.1, 0.15) is 30.0 Å². The Kier molecular flexibility index (Phi) is 6.32. The number of sulfonamides is 1. The summed E-state index contributed by atoms with van der Waals surface area (Å²) in [5, 5.41) is 4.92. The summed E-state index contributed by atoms with van der Waals surface area (Å²) in [5.41, 5.74) is 1.99. The van der Waals surface area contributed by atoms with Crippen LogP contribution in [0.3, 0.4) is 0 Å². The van der Waals surface area contributed by atoms with E-state index in [0.717, 1.165) is 11.1 Å². The fourth-order valence-corrected chi connectivity index (χ4v) is 6.49. The van der Waals surface area contributed by atoms with Crippen LogP contribution in [-0.4, -0.2) is 31.7 Å². The maximum atomic E-state index is 13.2. The Bertz CT molecular complexity index is 1030. The lowest BCUT2D eigenvalue weighted by Crippen LogP contribution is -2.46.